The normalized spacial score (nSPS) is 24.2. The molecule has 1 N–H and O–H groups in total. The molecule has 2 aromatic heterocycles. The number of nitrogens with zero attached hydrogens (tertiary/aromatic N) is 5. The first kappa shape index (κ1) is 18.1. The molecule has 0 saturated carbocycles. The molecule has 1 amide bonds. The average Bonchev–Trinajstić information content (AvgIpc) is 3.52. The predicted molar refractivity (Wildman–Crippen MR) is 109 cm³/mol. The molecule has 3 aromatic rings. The van der Waals surface area contributed by atoms with Gasteiger partial charge in [-0.15, -0.1) is 0 Å². The van der Waals surface area contributed by atoms with Crippen LogP contribution < -0.4 is 0 Å². The fourth-order valence-electron chi connectivity index (χ4n) is 4.95. The van der Waals surface area contributed by atoms with E-state index in [-0.39, 0.29) is 11.9 Å². The Bertz CT molecular complexity index is 966. The van der Waals surface area contributed by atoms with Gasteiger partial charge in [-0.3, -0.25) is 14.4 Å². The third kappa shape index (κ3) is 3.35. The number of carbonyl (C=O) groups is 1. The summed E-state index contributed by atoms with van der Waals surface area (Å²) in [5.41, 5.74) is 1.75. The second-order valence-corrected chi connectivity index (χ2v) is 8.02. The van der Waals surface area contributed by atoms with Gasteiger partial charge in [0.15, 0.2) is 0 Å². The van der Waals surface area contributed by atoms with Gasteiger partial charge in [0.25, 0.3) is 5.91 Å². The van der Waals surface area contributed by atoms with Crippen molar-refractivity contribution in [3.63, 3.8) is 0 Å². The van der Waals surface area contributed by atoms with Crippen molar-refractivity contribution in [2.45, 2.75) is 26.1 Å². The predicted octanol–water partition coefficient (Wildman–Crippen LogP) is 2.57. The SMILES string of the molecule is CCn1ccc(C(=O)N2C[C@@H]3CN(Cc4ncc[nH]4)C[C@@H]3[C@H]2c2ccccc2)n1. The molecule has 4 heterocycles. The molecule has 150 valence electrons. The molecule has 7 heteroatoms. The molecule has 2 aliphatic rings. The Hall–Kier alpha value is -2.93. The monoisotopic (exact) mass is 390 g/mol. The van der Waals surface area contributed by atoms with Crippen molar-refractivity contribution in [3.8, 4) is 0 Å². The number of fused-ring (bicyclic) bond motifs is 1. The number of H-pyrrole nitrogens is 1. The number of likely N-dealkylation sites (tertiary alicyclic amines) is 2. The van der Waals surface area contributed by atoms with Gasteiger partial charge in [-0.2, -0.15) is 5.10 Å². The number of benzene rings is 1. The summed E-state index contributed by atoms with van der Waals surface area (Å²) in [6.07, 6.45) is 5.55. The Morgan fingerprint density at radius 3 is 2.76 bits per heavy atom. The number of aryl methyl sites for hydroxylation is 1. The Kier molecular flexibility index (Phi) is 4.67. The van der Waals surface area contributed by atoms with E-state index in [4.69, 9.17) is 0 Å². The molecule has 0 aliphatic carbocycles. The first-order valence-electron chi connectivity index (χ1n) is 10.3. The Labute approximate surface area is 170 Å². The van der Waals surface area contributed by atoms with Crippen LogP contribution in [0, 0.1) is 11.8 Å². The van der Waals surface area contributed by atoms with Gasteiger partial charge in [-0.05, 0) is 24.5 Å². The van der Waals surface area contributed by atoms with Gasteiger partial charge in [0.2, 0.25) is 0 Å². The van der Waals surface area contributed by atoms with E-state index in [1.54, 1.807) is 6.20 Å². The number of nitrogens with one attached hydrogen (secondary N) is 1. The van der Waals surface area contributed by atoms with Gasteiger partial charge in [-0.1, -0.05) is 30.3 Å². The number of aromatic nitrogens is 4. The second kappa shape index (κ2) is 7.48. The van der Waals surface area contributed by atoms with Gasteiger partial charge < -0.3 is 9.88 Å². The van der Waals surface area contributed by atoms with Crippen LogP contribution >= 0.6 is 0 Å². The molecule has 2 aliphatic heterocycles. The van der Waals surface area contributed by atoms with Crippen molar-refractivity contribution in [2.75, 3.05) is 19.6 Å². The molecule has 0 bridgehead atoms. The van der Waals surface area contributed by atoms with E-state index >= 15 is 0 Å². The number of amides is 1. The van der Waals surface area contributed by atoms with Crippen molar-refractivity contribution in [2.24, 2.45) is 11.8 Å². The van der Waals surface area contributed by atoms with Gasteiger partial charge in [0, 0.05) is 50.7 Å². The van der Waals surface area contributed by atoms with E-state index in [0.717, 1.165) is 38.5 Å². The lowest BCUT2D eigenvalue weighted by Gasteiger charge is -2.29. The van der Waals surface area contributed by atoms with E-state index in [9.17, 15) is 4.79 Å². The maximum absolute atomic E-state index is 13.4. The van der Waals surface area contributed by atoms with Crippen LogP contribution in [0.4, 0.5) is 0 Å². The summed E-state index contributed by atoms with van der Waals surface area (Å²) >= 11 is 0. The van der Waals surface area contributed by atoms with E-state index in [2.05, 4.69) is 49.1 Å². The molecule has 5 rings (SSSR count). The van der Waals surface area contributed by atoms with E-state index in [1.807, 2.05) is 36.1 Å². The molecular weight excluding hydrogens is 364 g/mol. The average molecular weight is 390 g/mol. The number of rotatable bonds is 5. The summed E-state index contributed by atoms with van der Waals surface area (Å²) in [6.45, 7) is 6.36. The highest BCUT2D eigenvalue weighted by Crippen LogP contribution is 2.45. The van der Waals surface area contributed by atoms with Crippen LogP contribution in [0.15, 0.2) is 55.0 Å². The zero-order chi connectivity index (χ0) is 19.8. The number of hydrogen-bond acceptors (Lipinski definition) is 4. The van der Waals surface area contributed by atoms with Crippen LogP contribution in [0.3, 0.4) is 0 Å². The van der Waals surface area contributed by atoms with E-state index < -0.39 is 0 Å². The lowest BCUT2D eigenvalue weighted by molar-refractivity contribution is 0.0692. The third-order valence-electron chi connectivity index (χ3n) is 6.25. The quantitative estimate of drug-likeness (QED) is 0.727. The Morgan fingerprint density at radius 2 is 2.03 bits per heavy atom. The summed E-state index contributed by atoms with van der Waals surface area (Å²) in [7, 11) is 0. The van der Waals surface area contributed by atoms with Gasteiger partial charge in [-0.25, -0.2) is 4.98 Å². The minimum Gasteiger partial charge on any atom is -0.348 e. The van der Waals surface area contributed by atoms with Crippen molar-refractivity contribution in [1.29, 1.82) is 0 Å². The number of carbonyl (C=O) groups excluding carboxylic acids is 1. The van der Waals surface area contributed by atoms with Crippen LogP contribution in [0.25, 0.3) is 0 Å². The first-order valence-corrected chi connectivity index (χ1v) is 10.3. The molecule has 29 heavy (non-hydrogen) atoms. The number of aromatic amines is 1. The minimum absolute atomic E-state index is 0.0398. The zero-order valence-electron chi connectivity index (χ0n) is 16.6. The van der Waals surface area contributed by atoms with Crippen molar-refractivity contribution < 1.29 is 4.79 Å². The third-order valence-corrected chi connectivity index (χ3v) is 6.25. The largest absolute Gasteiger partial charge is 0.348 e. The Balaban J connectivity index is 1.41. The summed E-state index contributed by atoms with van der Waals surface area (Å²) in [5, 5.41) is 4.46. The summed E-state index contributed by atoms with van der Waals surface area (Å²) in [4.78, 5) is 25.4. The first-order chi connectivity index (χ1) is 14.2. The molecule has 1 aromatic carbocycles. The van der Waals surface area contributed by atoms with Gasteiger partial charge >= 0.3 is 0 Å². The zero-order valence-corrected chi connectivity index (χ0v) is 16.6. The maximum Gasteiger partial charge on any atom is 0.274 e. The molecule has 0 spiro atoms. The van der Waals surface area contributed by atoms with Crippen LogP contribution in [-0.4, -0.2) is 55.1 Å². The van der Waals surface area contributed by atoms with Crippen LogP contribution in [0.2, 0.25) is 0 Å². The molecule has 3 atom stereocenters. The highest BCUT2D eigenvalue weighted by molar-refractivity contribution is 5.92. The number of imidazole rings is 1. The van der Waals surface area contributed by atoms with Crippen molar-refractivity contribution in [1.82, 2.24) is 29.5 Å². The lowest BCUT2D eigenvalue weighted by atomic mass is 9.89. The topological polar surface area (TPSA) is 70.1 Å². The Morgan fingerprint density at radius 1 is 1.17 bits per heavy atom. The fraction of sp³-hybridized carbons (Fsp3) is 0.409. The van der Waals surface area contributed by atoms with Gasteiger partial charge in [0.05, 0.1) is 12.6 Å². The van der Waals surface area contributed by atoms with Crippen molar-refractivity contribution in [3.05, 3.63) is 72.1 Å². The number of hydrogen-bond donors (Lipinski definition) is 1. The maximum atomic E-state index is 13.4. The van der Waals surface area contributed by atoms with Crippen LogP contribution in [0.1, 0.15) is 34.8 Å². The molecule has 0 radical (unpaired) electrons. The van der Waals surface area contributed by atoms with E-state index in [1.165, 1.54) is 5.56 Å². The van der Waals surface area contributed by atoms with Gasteiger partial charge in [0.1, 0.15) is 11.5 Å². The van der Waals surface area contributed by atoms with Crippen LogP contribution in [0.5, 0.6) is 0 Å². The molecule has 7 nitrogen and oxygen atoms in total. The summed E-state index contributed by atoms with van der Waals surface area (Å²) in [6, 6.07) is 12.4. The molecule has 0 unspecified atom stereocenters. The highest BCUT2D eigenvalue weighted by atomic mass is 16.2. The highest BCUT2D eigenvalue weighted by Gasteiger charge is 2.49. The molecule has 2 saturated heterocycles. The van der Waals surface area contributed by atoms with E-state index in [0.29, 0.717) is 17.5 Å². The smallest absolute Gasteiger partial charge is 0.274 e. The molecular formula is C22H26N6O. The summed E-state index contributed by atoms with van der Waals surface area (Å²) in [5.74, 6) is 1.93. The van der Waals surface area contributed by atoms with Crippen LogP contribution in [-0.2, 0) is 13.1 Å². The van der Waals surface area contributed by atoms with Crippen molar-refractivity contribution >= 4 is 5.91 Å². The fourth-order valence-corrected chi connectivity index (χ4v) is 4.95. The molecule has 2 fully saturated rings. The second-order valence-electron chi connectivity index (χ2n) is 8.02. The lowest BCUT2D eigenvalue weighted by Crippen LogP contribution is -2.36. The summed E-state index contributed by atoms with van der Waals surface area (Å²) < 4.78 is 1.81. The minimum atomic E-state index is 0.0398. The standard InChI is InChI=1S/C22H26N6O/c1-2-27-11-8-19(25-27)22(29)28-13-17-12-26(15-20-23-9-10-24-20)14-18(17)21(28)16-6-4-3-5-7-16/h3-11,17-18,21H,2,12-15H2,1H3,(H,23,24)/t17-,18-,21+/m0/s1.